The topological polar surface area (TPSA) is 136 Å². The van der Waals surface area contributed by atoms with Gasteiger partial charge in [-0.25, -0.2) is 9.59 Å². The monoisotopic (exact) mass is 405 g/mol. The second kappa shape index (κ2) is 14.3. The Labute approximate surface area is 169 Å². The summed E-state index contributed by atoms with van der Waals surface area (Å²) in [6.45, 7) is 1.55. The third-order valence-electron chi connectivity index (χ3n) is 3.76. The van der Waals surface area contributed by atoms with Gasteiger partial charge in [-0.3, -0.25) is 0 Å². The molecule has 0 heterocycles. The molecule has 0 aromatic heterocycles. The van der Waals surface area contributed by atoms with Crippen molar-refractivity contribution in [3.8, 4) is 0 Å². The van der Waals surface area contributed by atoms with Gasteiger partial charge in [-0.1, -0.05) is 60.7 Å². The molecule has 8 heteroatoms. The molecule has 0 saturated carbocycles. The van der Waals surface area contributed by atoms with Crippen molar-refractivity contribution in [3.05, 3.63) is 71.8 Å². The van der Waals surface area contributed by atoms with E-state index in [2.05, 4.69) is 29.6 Å². The maximum atomic E-state index is 9.26. The summed E-state index contributed by atoms with van der Waals surface area (Å²) in [7, 11) is 0. The van der Waals surface area contributed by atoms with Crippen LogP contribution < -0.4 is 5.32 Å². The van der Waals surface area contributed by atoms with Gasteiger partial charge in [0.1, 0.15) is 6.10 Å². The number of aliphatic carboxylic acids is 2. The summed E-state index contributed by atoms with van der Waals surface area (Å²) in [6.07, 6.45) is 0.0756. The minimum atomic E-state index is -1.82. The lowest BCUT2D eigenvalue weighted by Crippen LogP contribution is -2.30. The minimum Gasteiger partial charge on any atom is -0.473 e. The van der Waals surface area contributed by atoms with Gasteiger partial charge in [-0.05, 0) is 24.1 Å². The summed E-state index contributed by atoms with van der Waals surface area (Å²) >= 11 is 0. The summed E-state index contributed by atoms with van der Waals surface area (Å²) < 4.78 is 6.10. The largest absolute Gasteiger partial charge is 0.473 e. The fourth-order valence-corrected chi connectivity index (χ4v) is 2.37. The third-order valence-corrected chi connectivity index (χ3v) is 3.76. The van der Waals surface area contributed by atoms with E-state index in [9.17, 15) is 5.11 Å². The molecule has 5 N–H and O–H groups in total. The van der Waals surface area contributed by atoms with Crippen molar-refractivity contribution in [3.63, 3.8) is 0 Å². The van der Waals surface area contributed by atoms with E-state index in [1.807, 2.05) is 36.4 Å². The normalized spacial score (nSPS) is 11.4. The fraction of sp³-hybridized carbons (Fsp3) is 0.333. The quantitative estimate of drug-likeness (QED) is 0.295. The Kier molecular flexibility index (Phi) is 11.9. The van der Waals surface area contributed by atoms with Crippen molar-refractivity contribution in [1.29, 1.82) is 0 Å². The Morgan fingerprint density at radius 3 is 1.79 bits per heavy atom. The van der Waals surface area contributed by atoms with Gasteiger partial charge < -0.3 is 30.5 Å². The number of carboxylic acids is 2. The van der Waals surface area contributed by atoms with E-state index in [4.69, 9.17) is 29.6 Å². The molecular weight excluding hydrogens is 378 g/mol. The molecule has 2 aromatic carbocycles. The molecule has 0 bridgehead atoms. The van der Waals surface area contributed by atoms with Crippen LogP contribution in [0.2, 0.25) is 0 Å². The first-order chi connectivity index (χ1) is 14.0. The number of nitrogens with one attached hydrogen (secondary N) is 1. The van der Waals surface area contributed by atoms with Gasteiger partial charge in [0.15, 0.2) is 0 Å². The highest BCUT2D eigenvalue weighted by atomic mass is 16.5. The maximum Gasteiger partial charge on any atom is 0.414 e. The molecule has 2 rings (SSSR count). The number of carbonyl (C=O) groups is 2. The van der Waals surface area contributed by atoms with Crippen molar-refractivity contribution < 1.29 is 34.8 Å². The number of carboxylic acid groups (broad SMARTS) is 2. The van der Waals surface area contributed by atoms with Crippen LogP contribution in [-0.2, 0) is 14.3 Å². The van der Waals surface area contributed by atoms with E-state index in [1.165, 1.54) is 0 Å². The Bertz CT molecular complexity index is 658. The third kappa shape index (κ3) is 10.4. The molecule has 0 aliphatic carbocycles. The first kappa shape index (κ1) is 24.3. The standard InChI is InChI=1S/C19H25NO3.C2H2O4/c21-15-18(22)14-20-12-7-13-23-19(16-8-3-1-4-9-16)17-10-5-2-6-11-17;3-1(4)2(5)6/h1-6,8-11,18-22H,7,12-15H2;(H,3,4)(H,5,6). The molecule has 29 heavy (non-hydrogen) atoms. The molecule has 0 radical (unpaired) electrons. The summed E-state index contributed by atoms with van der Waals surface area (Å²) in [4.78, 5) is 18.2. The molecule has 158 valence electrons. The highest BCUT2D eigenvalue weighted by Gasteiger charge is 2.13. The Hall–Kier alpha value is -2.78. The van der Waals surface area contributed by atoms with Gasteiger partial charge in [-0.15, -0.1) is 0 Å². The number of rotatable bonds is 10. The zero-order valence-electron chi connectivity index (χ0n) is 16.0. The Morgan fingerprint density at radius 2 is 1.38 bits per heavy atom. The molecule has 1 atom stereocenters. The lowest BCUT2D eigenvalue weighted by molar-refractivity contribution is -0.159. The zero-order valence-corrected chi connectivity index (χ0v) is 16.0. The first-order valence-electron chi connectivity index (χ1n) is 9.13. The molecular formula is C21H27NO7. The maximum absolute atomic E-state index is 9.26. The predicted molar refractivity (Wildman–Crippen MR) is 107 cm³/mol. The minimum absolute atomic E-state index is 0.0690. The van der Waals surface area contributed by atoms with E-state index in [0.29, 0.717) is 13.2 Å². The van der Waals surface area contributed by atoms with Gasteiger partial charge in [0.25, 0.3) is 0 Å². The molecule has 1 unspecified atom stereocenters. The van der Waals surface area contributed by atoms with Gasteiger partial charge >= 0.3 is 11.9 Å². The number of hydrogen-bond donors (Lipinski definition) is 5. The SMILES string of the molecule is O=C(O)C(=O)O.OCC(O)CNCCCOC(c1ccccc1)c1ccccc1. The van der Waals surface area contributed by atoms with E-state index in [1.54, 1.807) is 0 Å². The van der Waals surface area contributed by atoms with Crippen LogP contribution in [0, 0.1) is 0 Å². The Balaban J connectivity index is 0.000000612. The number of aliphatic hydroxyl groups excluding tert-OH is 2. The lowest BCUT2D eigenvalue weighted by atomic mass is 10.0. The van der Waals surface area contributed by atoms with Crippen LogP contribution in [0.15, 0.2) is 60.7 Å². The van der Waals surface area contributed by atoms with Crippen molar-refractivity contribution in [1.82, 2.24) is 5.32 Å². The van der Waals surface area contributed by atoms with Crippen molar-refractivity contribution in [2.75, 3.05) is 26.3 Å². The molecule has 0 fully saturated rings. The summed E-state index contributed by atoms with van der Waals surface area (Å²) in [6, 6.07) is 20.4. The van der Waals surface area contributed by atoms with Crippen LogP contribution in [0.5, 0.6) is 0 Å². The van der Waals surface area contributed by atoms with Crippen LogP contribution >= 0.6 is 0 Å². The highest BCUT2D eigenvalue weighted by molar-refractivity contribution is 6.27. The first-order valence-corrected chi connectivity index (χ1v) is 9.13. The van der Waals surface area contributed by atoms with Crippen LogP contribution in [0.1, 0.15) is 23.7 Å². The smallest absolute Gasteiger partial charge is 0.414 e. The summed E-state index contributed by atoms with van der Waals surface area (Å²) in [5.41, 5.74) is 2.28. The average Bonchev–Trinajstić information content (AvgIpc) is 2.74. The summed E-state index contributed by atoms with van der Waals surface area (Å²) in [5, 5.41) is 35.9. The van der Waals surface area contributed by atoms with E-state index in [-0.39, 0.29) is 12.7 Å². The van der Waals surface area contributed by atoms with E-state index >= 15 is 0 Å². The second-order valence-electron chi connectivity index (χ2n) is 6.08. The van der Waals surface area contributed by atoms with Crippen molar-refractivity contribution >= 4 is 11.9 Å². The van der Waals surface area contributed by atoms with E-state index in [0.717, 1.165) is 24.1 Å². The molecule has 0 amide bonds. The van der Waals surface area contributed by atoms with Crippen molar-refractivity contribution in [2.24, 2.45) is 0 Å². The van der Waals surface area contributed by atoms with Crippen LogP contribution in [-0.4, -0.2) is 64.8 Å². The molecule has 0 spiro atoms. The highest BCUT2D eigenvalue weighted by Crippen LogP contribution is 2.25. The fourth-order valence-electron chi connectivity index (χ4n) is 2.37. The van der Waals surface area contributed by atoms with Gasteiger partial charge in [-0.2, -0.15) is 0 Å². The zero-order chi connectivity index (χ0) is 21.5. The predicted octanol–water partition coefficient (Wildman–Crippen LogP) is 1.28. The average molecular weight is 405 g/mol. The van der Waals surface area contributed by atoms with Crippen molar-refractivity contribution in [2.45, 2.75) is 18.6 Å². The number of hydrogen-bond acceptors (Lipinski definition) is 6. The Morgan fingerprint density at radius 1 is 0.897 bits per heavy atom. The van der Waals surface area contributed by atoms with Gasteiger partial charge in [0, 0.05) is 13.2 Å². The number of aliphatic hydroxyl groups is 2. The molecule has 0 aliphatic rings. The molecule has 2 aromatic rings. The molecule has 0 aliphatic heterocycles. The van der Waals surface area contributed by atoms with Gasteiger partial charge in [0.05, 0.1) is 12.7 Å². The molecule has 0 saturated heterocycles. The lowest BCUT2D eigenvalue weighted by Gasteiger charge is -2.19. The number of benzene rings is 2. The summed E-state index contributed by atoms with van der Waals surface area (Å²) in [5.74, 6) is -3.65. The molecule has 8 nitrogen and oxygen atoms in total. The number of ether oxygens (including phenoxy) is 1. The van der Waals surface area contributed by atoms with E-state index < -0.39 is 18.0 Å². The van der Waals surface area contributed by atoms with Crippen LogP contribution in [0.25, 0.3) is 0 Å². The van der Waals surface area contributed by atoms with Crippen LogP contribution in [0.4, 0.5) is 0 Å². The van der Waals surface area contributed by atoms with Gasteiger partial charge in [0.2, 0.25) is 0 Å². The second-order valence-corrected chi connectivity index (χ2v) is 6.08. The van der Waals surface area contributed by atoms with Crippen LogP contribution in [0.3, 0.4) is 0 Å².